The summed E-state index contributed by atoms with van der Waals surface area (Å²) in [6.07, 6.45) is 5.21. The SMILES string of the molecule is CCC[C@H](c1ccc(Cl)cc1)N1CCC[C@@H](C)C1. The van der Waals surface area contributed by atoms with Crippen molar-refractivity contribution >= 4 is 11.6 Å². The normalized spacial score (nSPS) is 22.9. The van der Waals surface area contributed by atoms with Crippen LogP contribution in [0.15, 0.2) is 24.3 Å². The van der Waals surface area contributed by atoms with Crippen LogP contribution in [0.5, 0.6) is 0 Å². The van der Waals surface area contributed by atoms with Gasteiger partial charge >= 0.3 is 0 Å². The molecule has 0 aliphatic carbocycles. The fraction of sp³-hybridized carbons (Fsp3) is 0.625. The maximum absolute atomic E-state index is 5.99. The zero-order valence-electron chi connectivity index (χ0n) is 11.5. The molecule has 18 heavy (non-hydrogen) atoms. The number of piperidine rings is 1. The zero-order valence-corrected chi connectivity index (χ0v) is 12.3. The first-order chi connectivity index (χ1) is 8.70. The summed E-state index contributed by atoms with van der Waals surface area (Å²) in [5, 5.41) is 0.834. The van der Waals surface area contributed by atoms with Crippen molar-refractivity contribution in [1.29, 1.82) is 0 Å². The molecule has 0 spiro atoms. The molecule has 0 aromatic heterocycles. The smallest absolute Gasteiger partial charge is 0.0406 e. The number of hydrogen-bond donors (Lipinski definition) is 0. The number of halogens is 1. The molecule has 2 rings (SSSR count). The lowest BCUT2D eigenvalue weighted by molar-refractivity contribution is 0.123. The summed E-state index contributed by atoms with van der Waals surface area (Å²) in [7, 11) is 0. The van der Waals surface area contributed by atoms with Crippen molar-refractivity contribution < 1.29 is 0 Å². The van der Waals surface area contributed by atoms with E-state index in [1.165, 1.54) is 44.3 Å². The van der Waals surface area contributed by atoms with Crippen LogP contribution in [0.25, 0.3) is 0 Å². The maximum Gasteiger partial charge on any atom is 0.0406 e. The van der Waals surface area contributed by atoms with Gasteiger partial charge in [-0.05, 0) is 49.4 Å². The molecule has 1 aliphatic rings. The van der Waals surface area contributed by atoms with E-state index in [2.05, 4.69) is 30.9 Å². The molecule has 0 radical (unpaired) electrons. The molecule has 1 aliphatic heterocycles. The third-order valence-electron chi connectivity index (χ3n) is 3.95. The molecule has 1 heterocycles. The minimum Gasteiger partial charge on any atom is -0.296 e. The quantitative estimate of drug-likeness (QED) is 0.747. The molecule has 1 fully saturated rings. The van der Waals surface area contributed by atoms with Crippen LogP contribution in [-0.4, -0.2) is 18.0 Å². The van der Waals surface area contributed by atoms with Gasteiger partial charge in [0.1, 0.15) is 0 Å². The molecule has 1 aromatic rings. The lowest BCUT2D eigenvalue weighted by Crippen LogP contribution is -2.37. The minimum absolute atomic E-state index is 0.579. The summed E-state index contributed by atoms with van der Waals surface area (Å²) in [5.74, 6) is 0.838. The first kappa shape index (κ1) is 13.9. The van der Waals surface area contributed by atoms with Crippen molar-refractivity contribution in [2.75, 3.05) is 13.1 Å². The lowest BCUT2D eigenvalue weighted by atomic mass is 9.94. The van der Waals surface area contributed by atoms with Crippen LogP contribution in [-0.2, 0) is 0 Å². The largest absolute Gasteiger partial charge is 0.296 e. The lowest BCUT2D eigenvalue weighted by Gasteiger charge is -2.37. The van der Waals surface area contributed by atoms with Crippen LogP contribution < -0.4 is 0 Å². The van der Waals surface area contributed by atoms with Gasteiger partial charge < -0.3 is 0 Å². The first-order valence-corrected chi connectivity index (χ1v) is 7.58. The van der Waals surface area contributed by atoms with E-state index in [0.717, 1.165) is 10.9 Å². The van der Waals surface area contributed by atoms with Gasteiger partial charge in [-0.1, -0.05) is 44.0 Å². The molecule has 1 saturated heterocycles. The van der Waals surface area contributed by atoms with E-state index in [0.29, 0.717) is 6.04 Å². The minimum atomic E-state index is 0.579. The molecular weight excluding hydrogens is 242 g/mol. The third kappa shape index (κ3) is 3.49. The Morgan fingerprint density at radius 1 is 1.33 bits per heavy atom. The number of likely N-dealkylation sites (tertiary alicyclic amines) is 1. The summed E-state index contributed by atoms with van der Waals surface area (Å²) in [4.78, 5) is 2.67. The monoisotopic (exact) mass is 265 g/mol. The van der Waals surface area contributed by atoms with Crippen LogP contribution in [0.2, 0.25) is 5.02 Å². The standard InChI is InChI=1S/C16H24ClN/c1-3-5-16(14-7-9-15(17)10-8-14)18-11-4-6-13(2)12-18/h7-10,13,16H,3-6,11-12H2,1-2H3/t13-,16-/m1/s1. The van der Waals surface area contributed by atoms with E-state index in [9.17, 15) is 0 Å². The van der Waals surface area contributed by atoms with Gasteiger partial charge in [0.15, 0.2) is 0 Å². The van der Waals surface area contributed by atoms with Gasteiger partial charge in [-0.3, -0.25) is 4.90 Å². The first-order valence-electron chi connectivity index (χ1n) is 7.20. The Morgan fingerprint density at radius 2 is 2.06 bits per heavy atom. The van der Waals surface area contributed by atoms with Gasteiger partial charge in [0.05, 0.1) is 0 Å². The van der Waals surface area contributed by atoms with Crippen LogP contribution in [0.1, 0.15) is 51.1 Å². The van der Waals surface area contributed by atoms with E-state index in [1.54, 1.807) is 0 Å². The fourth-order valence-corrected chi connectivity index (χ4v) is 3.15. The van der Waals surface area contributed by atoms with E-state index in [-0.39, 0.29) is 0 Å². The summed E-state index contributed by atoms with van der Waals surface area (Å²) in [6.45, 7) is 7.14. The highest BCUT2D eigenvalue weighted by Gasteiger charge is 2.24. The van der Waals surface area contributed by atoms with Crippen molar-refractivity contribution in [2.45, 2.75) is 45.6 Å². The average Bonchev–Trinajstić information content (AvgIpc) is 2.37. The Bertz CT molecular complexity index is 360. The van der Waals surface area contributed by atoms with Crippen molar-refractivity contribution in [1.82, 2.24) is 4.90 Å². The van der Waals surface area contributed by atoms with Crippen molar-refractivity contribution in [3.8, 4) is 0 Å². The highest BCUT2D eigenvalue weighted by atomic mass is 35.5. The Hall–Kier alpha value is -0.530. The summed E-state index contributed by atoms with van der Waals surface area (Å²) < 4.78 is 0. The fourth-order valence-electron chi connectivity index (χ4n) is 3.03. The topological polar surface area (TPSA) is 3.24 Å². The summed E-state index contributed by atoms with van der Waals surface area (Å²) in [6, 6.07) is 9.01. The molecule has 0 bridgehead atoms. The molecule has 2 heteroatoms. The second kappa shape index (κ2) is 6.58. The molecule has 0 unspecified atom stereocenters. The van der Waals surface area contributed by atoms with Crippen LogP contribution in [0.3, 0.4) is 0 Å². The number of rotatable bonds is 4. The molecule has 0 amide bonds. The Kier molecular flexibility index (Phi) is 5.08. The van der Waals surface area contributed by atoms with E-state index >= 15 is 0 Å². The third-order valence-corrected chi connectivity index (χ3v) is 4.20. The predicted molar refractivity (Wildman–Crippen MR) is 79.1 cm³/mol. The molecule has 0 saturated carbocycles. The number of benzene rings is 1. The summed E-state index contributed by atoms with van der Waals surface area (Å²) in [5.41, 5.74) is 1.43. The highest BCUT2D eigenvalue weighted by Crippen LogP contribution is 2.30. The van der Waals surface area contributed by atoms with Gasteiger partial charge in [-0.15, -0.1) is 0 Å². The predicted octanol–water partition coefficient (Wildman–Crippen LogP) is 4.91. The molecule has 100 valence electrons. The van der Waals surface area contributed by atoms with E-state index < -0.39 is 0 Å². The Labute approximate surface area is 116 Å². The highest BCUT2D eigenvalue weighted by molar-refractivity contribution is 6.30. The maximum atomic E-state index is 5.99. The Morgan fingerprint density at radius 3 is 2.67 bits per heavy atom. The molecule has 2 atom stereocenters. The Balaban J connectivity index is 2.13. The van der Waals surface area contributed by atoms with Crippen LogP contribution in [0, 0.1) is 5.92 Å². The van der Waals surface area contributed by atoms with Gasteiger partial charge in [0.2, 0.25) is 0 Å². The second-order valence-corrected chi connectivity index (χ2v) is 6.03. The van der Waals surface area contributed by atoms with Gasteiger partial charge in [0.25, 0.3) is 0 Å². The van der Waals surface area contributed by atoms with Crippen molar-refractivity contribution in [3.05, 3.63) is 34.9 Å². The molecule has 1 aromatic carbocycles. The van der Waals surface area contributed by atoms with Crippen LogP contribution >= 0.6 is 11.6 Å². The van der Waals surface area contributed by atoms with E-state index in [4.69, 9.17) is 11.6 Å². The van der Waals surface area contributed by atoms with Crippen molar-refractivity contribution in [3.63, 3.8) is 0 Å². The number of nitrogens with zero attached hydrogens (tertiary/aromatic N) is 1. The summed E-state index contributed by atoms with van der Waals surface area (Å²) >= 11 is 5.99. The van der Waals surface area contributed by atoms with Gasteiger partial charge in [0, 0.05) is 17.6 Å². The number of hydrogen-bond acceptors (Lipinski definition) is 1. The van der Waals surface area contributed by atoms with Crippen LogP contribution in [0.4, 0.5) is 0 Å². The molecule has 1 nitrogen and oxygen atoms in total. The van der Waals surface area contributed by atoms with Gasteiger partial charge in [-0.2, -0.15) is 0 Å². The molecule has 0 N–H and O–H groups in total. The zero-order chi connectivity index (χ0) is 13.0. The average molecular weight is 266 g/mol. The van der Waals surface area contributed by atoms with Gasteiger partial charge in [-0.25, -0.2) is 0 Å². The van der Waals surface area contributed by atoms with Crippen molar-refractivity contribution in [2.24, 2.45) is 5.92 Å². The van der Waals surface area contributed by atoms with E-state index in [1.807, 2.05) is 12.1 Å². The second-order valence-electron chi connectivity index (χ2n) is 5.60. The molecular formula is C16H24ClN.